The van der Waals surface area contributed by atoms with Gasteiger partial charge >= 0.3 is 0 Å². The molecule has 2 fully saturated rings. The summed E-state index contributed by atoms with van der Waals surface area (Å²) in [4.78, 5) is 16.4. The number of carbonyl (C=O) groups excluding carboxylic acids is 1. The highest BCUT2D eigenvalue weighted by Gasteiger charge is 2.32. The lowest BCUT2D eigenvalue weighted by atomic mass is 9.93. The zero-order valence-electron chi connectivity index (χ0n) is 17.6. The summed E-state index contributed by atoms with van der Waals surface area (Å²) >= 11 is 2.85. The van der Waals surface area contributed by atoms with Crippen LogP contribution in [0.1, 0.15) is 56.7 Å². The number of nitrogens with zero attached hydrogens (tertiary/aromatic N) is 6. The van der Waals surface area contributed by atoms with Gasteiger partial charge in [-0.05, 0) is 56.3 Å². The number of anilines is 1. The molecule has 0 bridgehead atoms. The third-order valence-corrected chi connectivity index (χ3v) is 7.75. The number of para-hydroxylation sites is 1. The van der Waals surface area contributed by atoms with Crippen molar-refractivity contribution in [2.75, 3.05) is 10.7 Å². The number of rotatable bonds is 7. The second-order valence-corrected chi connectivity index (χ2v) is 9.97. The lowest BCUT2D eigenvalue weighted by Crippen LogP contribution is -2.42. The van der Waals surface area contributed by atoms with E-state index in [1.807, 2.05) is 42.2 Å². The molecule has 2 aliphatic rings. The fourth-order valence-electron chi connectivity index (χ4n) is 4.31. The molecule has 0 saturated heterocycles. The summed E-state index contributed by atoms with van der Waals surface area (Å²) in [7, 11) is 0. The van der Waals surface area contributed by atoms with Crippen molar-refractivity contribution in [3.8, 4) is 10.7 Å². The first kappa shape index (κ1) is 20.6. The highest BCUT2D eigenvalue weighted by atomic mass is 32.2. The molecule has 0 aliphatic heterocycles. The van der Waals surface area contributed by atoms with Crippen molar-refractivity contribution in [3.63, 3.8) is 0 Å². The van der Waals surface area contributed by atoms with Crippen LogP contribution in [0.2, 0.25) is 0 Å². The molecule has 2 aliphatic carbocycles. The van der Waals surface area contributed by atoms with Crippen molar-refractivity contribution in [2.45, 2.75) is 69.1 Å². The van der Waals surface area contributed by atoms with Crippen LogP contribution in [-0.2, 0) is 4.79 Å². The zero-order valence-corrected chi connectivity index (χ0v) is 19.2. The lowest BCUT2D eigenvalue weighted by Gasteiger charge is -2.34. The molecule has 9 heteroatoms. The molecule has 2 saturated carbocycles. The smallest absolute Gasteiger partial charge is 0.237 e. The number of amides is 1. The van der Waals surface area contributed by atoms with Crippen LogP contribution in [0.3, 0.4) is 0 Å². The van der Waals surface area contributed by atoms with E-state index < -0.39 is 0 Å². The van der Waals surface area contributed by atoms with Crippen LogP contribution in [0.4, 0.5) is 5.69 Å². The van der Waals surface area contributed by atoms with Gasteiger partial charge in [-0.1, -0.05) is 53.7 Å². The van der Waals surface area contributed by atoms with E-state index in [-0.39, 0.29) is 11.9 Å². The van der Waals surface area contributed by atoms with Gasteiger partial charge in [0, 0.05) is 17.8 Å². The Balaban J connectivity index is 1.36. The van der Waals surface area contributed by atoms with E-state index in [9.17, 15) is 4.79 Å². The molecule has 0 N–H and O–H groups in total. The average Bonchev–Trinajstić information content (AvgIpc) is 3.41. The van der Waals surface area contributed by atoms with Gasteiger partial charge < -0.3 is 4.90 Å². The molecule has 3 aromatic rings. The van der Waals surface area contributed by atoms with Gasteiger partial charge in [0.05, 0.1) is 11.4 Å². The topological polar surface area (TPSA) is 76.8 Å². The molecule has 0 radical (unpaired) electrons. The van der Waals surface area contributed by atoms with Crippen LogP contribution >= 0.6 is 23.3 Å². The quantitative estimate of drug-likeness (QED) is 0.473. The monoisotopic (exact) mass is 454 g/mol. The van der Waals surface area contributed by atoms with Crippen molar-refractivity contribution in [2.24, 2.45) is 0 Å². The van der Waals surface area contributed by atoms with Gasteiger partial charge in [-0.25, -0.2) is 0 Å². The van der Waals surface area contributed by atoms with E-state index in [4.69, 9.17) is 0 Å². The van der Waals surface area contributed by atoms with Crippen molar-refractivity contribution < 1.29 is 4.79 Å². The van der Waals surface area contributed by atoms with Crippen LogP contribution in [-0.4, -0.2) is 42.1 Å². The first-order valence-corrected chi connectivity index (χ1v) is 12.7. The predicted molar refractivity (Wildman–Crippen MR) is 123 cm³/mol. The summed E-state index contributed by atoms with van der Waals surface area (Å²) in [5, 5.41) is 13.8. The third-order valence-electron chi connectivity index (χ3n) is 6.00. The molecule has 2 aromatic heterocycles. The molecule has 7 nitrogen and oxygen atoms in total. The van der Waals surface area contributed by atoms with Crippen molar-refractivity contribution in [3.05, 3.63) is 36.0 Å². The Hall–Kier alpha value is -2.26. The summed E-state index contributed by atoms with van der Waals surface area (Å²) in [6.07, 6.45) is 8.04. The Labute approximate surface area is 190 Å². The molecule has 2 heterocycles. The fraction of sp³-hybridized carbons (Fsp3) is 0.500. The number of thioether (sulfide) groups is 1. The van der Waals surface area contributed by atoms with Gasteiger partial charge in [0.15, 0.2) is 11.0 Å². The molecule has 0 spiro atoms. The largest absolute Gasteiger partial charge is 0.309 e. The van der Waals surface area contributed by atoms with Gasteiger partial charge in [0.1, 0.15) is 4.88 Å². The molecule has 1 amide bonds. The van der Waals surface area contributed by atoms with E-state index in [0.29, 0.717) is 11.8 Å². The minimum absolute atomic E-state index is 0.144. The summed E-state index contributed by atoms with van der Waals surface area (Å²) < 4.78 is 6.24. The maximum atomic E-state index is 13.4. The minimum atomic E-state index is 0.144. The van der Waals surface area contributed by atoms with E-state index in [2.05, 4.69) is 24.4 Å². The number of aryl methyl sites for hydroxylation is 1. The van der Waals surface area contributed by atoms with Crippen molar-refractivity contribution in [1.29, 1.82) is 0 Å². The average molecular weight is 455 g/mol. The molecule has 0 atom stereocenters. The van der Waals surface area contributed by atoms with Crippen molar-refractivity contribution >= 4 is 34.9 Å². The maximum Gasteiger partial charge on any atom is 0.237 e. The van der Waals surface area contributed by atoms with Gasteiger partial charge in [0.2, 0.25) is 5.91 Å². The number of aromatic nitrogens is 5. The van der Waals surface area contributed by atoms with Crippen molar-refractivity contribution in [1.82, 2.24) is 24.4 Å². The Morgan fingerprint density at radius 3 is 2.55 bits per heavy atom. The molecular weight excluding hydrogens is 428 g/mol. The third kappa shape index (κ3) is 4.39. The second kappa shape index (κ2) is 9.08. The van der Waals surface area contributed by atoms with Gasteiger partial charge in [0.25, 0.3) is 0 Å². The molecule has 1 aromatic carbocycles. The lowest BCUT2D eigenvalue weighted by molar-refractivity contribution is -0.116. The highest BCUT2D eigenvalue weighted by Crippen LogP contribution is 2.42. The molecular formula is C22H26N6OS2. The zero-order chi connectivity index (χ0) is 21.2. The van der Waals surface area contributed by atoms with Crippen LogP contribution in [0.15, 0.2) is 35.5 Å². The fourth-order valence-corrected chi connectivity index (χ4v) is 5.81. The maximum absolute atomic E-state index is 13.4. The minimum Gasteiger partial charge on any atom is -0.309 e. The number of hydrogen-bond acceptors (Lipinski definition) is 7. The van der Waals surface area contributed by atoms with Crippen LogP contribution in [0, 0.1) is 6.92 Å². The van der Waals surface area contributed by atoms with E-state index in [1.165, 1.54) is 42.6 Å². The standard InChI is InChI=1S/C22H26N6OS2/c1-15-20(31-26-23-15)21-24-25-22(28(21)18-12-13-18)30-14-19(29)27(16-8-4-2-5-9-16)17-10-6-3-7-11-17/h2,4-5,8-9,17-18H,3,6-7,10-14H2,1H3. The van der Waals surface area contributed by atoms with E-state index in [1.54, 1.807) is 0 Å². The van der Waals surface area contributed by atoms with Gasteiger partial charge in [-0.15, -0.1) is 15.3 Å². The van der Waals surface area contributed by atoms with Gasteiger partial charge in [-0.2, -0.15) is 0 Å². The van der Waals surface area contributed by atoms with Gasteiger partial charge in [-0.3, -0.25) is 9.36 Å². The predicted octanol–water partition coefficient (Wildman–Crippen LogP) is 4.90. The Kier molecular flexibility index (Phi) is 6.04. The normalized spacial score (nSPS) is 17.1. The Morgan fingerprint density at radius 2 is 1.87 bits per heavy atom. The van der Waals surface area contributed by atoms with Crippen LogP contribution in [0.5, 0.6) is 0 Å². The first-order valence-electron chi connectivity index (χ1n) is 11.0. The molecule has 5 rings (SSSR count). The number of hydrogen-bond donors (Lipinski definition) is 0. The number of benzene rings is 1. The Morgan fingerprint density at radius 1 is 1.10 bits per heavy atom. The van der Waals surface area contributed by atoms with E-state index >= 15 is 0 Å². The highest BCUT2D eigenvalue weighted by molar-refractivity contribution is 7.99. The molecule has 31 heavy (non-hydrogen) atoms. The first-order chi connectivity index (χ1) is 15.2. The second-order valence-electron chi connectivity index (χ2n) is 8.27. The summed E-state index contributed by atoms with van der Waals surface area (Å²) in [6, 6.07) is 10.8. The Bertz CT molecular complexity index is 1040. The number of carbonyl (C=O) groups is 1. The van der Waals surface area contributed by atoms with Crippen LogP contribution < -0.4 is 4.90 Å². The summed E-state index contributed by atoms with van der Waals surface area (Å²) in [5.41, 5.74) is 1.87. The summed E-state index contributed by atoms with van der Waals surface area (Å²) in [5.74, 6) is 1.33. The van der Waals surface area contributed by atoms with E-state index in [0.717, 1.165) is 52.9 Å². The SMILES string of the molecule is Cc1nnsc1-c1nnc(SCC(=O)N(c2ccccc2)C2CCCCC2)n1C1CC1. The molecule has 162 valence electrons. The van der Waals surface area contributed by atoms with Crippen LogP contribution in [0.25, 0.3) is 10.7 Å². The summed E-state index contributed by atoms with van der Waals surface area (Å²) in [6.45, 7) is 1.95. The molecule has 0 unspecified atom stereocenters.